The van der Waals surface area contributed by atoms with Gasteiger partial charge in [0.2, 0.25) is 5.91 Å². The van der Waals surface area contributed by atoms with Crippen molar-refractivity contribution in [2.45, 2.75) is 65.3 Å². The molecule has 0 aromatic heterocycles. The molecule has 2 fully saturated rings. The second-order valence-corrected chi connectivity index (χ2v) is 7.31. The van der Waals surface area contributed by atoms with E-state index in [2.05, 4.69) is 25.7 Å². The second-order valence-electron chi connectivity index (χ2n) is 7.31. The molecule has 2 N–H and O–H groups in total. The van der Waals surface area contributed by atoms with Gasteiger partial charge >= 0.3 is 0 Å². The normalized spacial score (nSPS) is 35.2. The van der Waals surface area contributed by atoms with E-state index in [-0.39, 0.29) is 11.3 Å². The summed E-state index contributed by atoms with van der Waals surface area (Å²) in [6.07, 6.45) is 7.03. The molecule has 0 bridgehead atoms. The predicted molar refractivity (Wildman–Crippen MR) is 78.7 cm³/mol. The number of piperidine rings is 1. The predicted octanol–water partition coefficient (Wildman–Crippen LogP) is 2.79. The van der Waals surface area contributed by atoms with E-state index in [4.69, 9.17) is 5.73 Å². The molecule has 2 aliphatic rings. The third-order valence-electron chi connectivity index (χ3n) is 5.40. The van der Waals surface area contributed by atoms with Crippen molar-refractivity contribution in [3.63, 3.8) is 0 Å². The van der Waals surface area contributed by atoms with E-state index in [1.807, 2.05) is 0 Å². The molecule has 0 radical (unpaired) electrons. The zero-order valence-corrected chi connectivity index (χ0v) is 12.8. The summed E-state index contributed by atoms with van der Waals surface area (Å²) in [4.78, 5) is 15.1. The van der Waals surface area contributed by atoms with Crippen LogP contribution in [0.15, 0.2) is 0 Å². The molecular formula is C16H30N2O. The van der Waals surface area contributed by atoms with E-state index in [0.29, 0.717) is 24.4 Å². The van der Waals surface area contributed by atoms with E-state index in [0.717, 1.165) is 19.4 Å². The highest BCUT2D eigenvalue weighted by Crippen LogP contribution is 2.42. The van der Waals surface area contributed by atoms with Crippen molar-refractivity contribution in [1.82, 2.24) is 4.90 Å². The van der Waals surface area contributed by atoms with Crippen LogP contribution in [0.5, 0.6) is 0 Å². The second kappa shape index (κ2) is 5.82. The third kappa shape index (κ3) is 3.13. The number of nitrogens with zero attached hydrogens (tertiary/aromatic N) is 1. The minimum Gasteiger partial charge on any atom is -0.339 e. The van der Waals surface area contributed by atoms with Gasteiger partial charge < -0.3 is 10.6 Å². The van der Waals surface area contributed by atoms with Gasteiger partial charge in [0.1, 0.15) is 0 Å². The van der Waals surface area contributed by atoms with Crippen molar-refractivity contribution in [1.29, 1.82) is 0 Å². The lowest BCUT2D eigenvalue weighted by Gasteiger charge is -2.44. The summed E-state index contributed by atoms with van der Waals surface area (Å²) in [7, 11) is 0. The van der Waals surface area contributed by atoms with Crippen LogP contribution in [0, 0.1) is 17.3 Å². The Balaban J connectivity index is 2.08. The number of carbonyl (C=O) groups is 1. The molecule has 1 saturated carbocycles. The Kier molecular flexibility index (Phi) is 4.54. The summed E-state index contributed by atoms with van der Waals surface area (Å²) >= 11 is 0. The van der Waals surface area contributed by atoms with Crippen molar-refractivity contribution < 1.29 is 4.79 Å². The van der Waals surface area contributed by atoms with Crippen molar-refractivity contribution in [3.05, 3.63) is 0 Å². The number of amides is 1. The van der Waals surface area contributed by atoms with Crippen LogP contribution in [0.1, 0.15) is 59.3 Å². The molecule has 0 spiro atoms. The first-order chi connectivity index (χ1) is 8.95. The molecule has 1 aliphatic carbocycles. The van der Waals surface area contributed by atoms with Crippen molar-refractivity contribution in [2.75, 3.05) is 13.1 Å². The maximum atomic E-state index is 12.9. The fourth-order valence-electron chi connectivity index (χ4n) is 3.83. The fourth-order valence-corrected chi connectivity index (χ4v) is 3.83. The monoisotopic (exact) mass is 266 g/mol. The maximum Gasteiger partial charge on any atom is 0.226 e. The van der Waals surface area contributed by atoms with Crippen molar-refractivity contribution in [2.24, 2.45) is 23.0 Å². The van der Waals surface area contributed by atoms with Crippen LogP contribution in [-0.2, 0) is 4.79 Å². The largest absolute Gasteiger partial charge is 0.339 e. The van der Waals surface area contributed by atoms with Crippen LogP contribution in [0.4, 0.5) is 0 Å². The smallest absolute Gasteiger partial charge is 0.226 e. The maximum absolute atomic E-state index is 12.9. The van der Waals surface area contributed by atoms with Gasteiger partial charge in [0.05, 0.1) is 0 Å². The van der Waals surface area contributed by atoms with Crippen molar-refractivity contribution >= 4 is 5.91 Å². The van der Waals surface area contributed by atoms with Gasteiger partial charge in [-0.05, 0) is 50.5 Å². The molecule has 1 saturated heterocycles. The molecule has 1 aliphatic heterocycles. The topological polar surface area (TPSA) is 46.3 Å². The highest BCUT2D eigenvalue weighted by molar-refractivity contribution is 5.80. The van der Waals surface area contributed by atoms with E-state index in [1.54, 1.807) is 0 Å². The summed E-state index contributed by atoms with van der Waals surface area (Å²) in [5, 5.41) is 0. The lowest BCUT2D eigenvalue weighted by atomic mass is 9.68. The third-order valence-corrected chi connectivity index (χ3v) is 5.40. The van der Waals surface area contributed by atoms with Crippen LogP contribution < -0.4 is 5.73 Å². The highest BCUT2D eigenvalue weighted by atomic mass is 16.2. The number of carbonyl (C=O) groups excluding carboxylic acids is 1. The van der Waals surface area contributed by atoms with E-state index in [1.165, 1.54) is 25.7 Å². The lowest BCUT2D eigenvalue weighted by Crippen LogP contribution is -2.52. The van der Waals surface area contributed by atoms with Crippen LogP contribution >= 0.6 is 0 Å². The molecule has 1 amide bonds. The summed E-state index contributed by atoms with van der Waals surface area (Å²) in [5.74, 6) is 1.13. The lowest BCUT2D eigenvalue weighted by molar-refractivity contribution is -0.145. The Labute approximate surface area is 117 Å². The van der Waals surface area contributed by atoms with E-state index in [9.17, 15) is 4.79 Å². The van der Waals surface area contributed by atoms with Crippen LogP contribution in [0.25, 0.3) is 0 Å². The number of nitrogens with two attached hydrogens (primary N) is 1. The Morgan fingerprint density at radius 3 is 2.63 bits per heavy atom. The number of hydrogen-bond donors (Lipinski definition) is 1. The van der Waals surface area contributed by atoms with Gasteiger partial charge in [0.15, 0.2) is 0 Å². The Bertz CT molecular complexity index is 327. The Hall–Kier alpha value is -0.570. The molecule has 2 rings (SSSR count). The number of hydrogen-bond acceptors (Lipinski definition) is 2. The molecule has 1 heterocycles. The Morgan fingerprint density at radius 1 is 1.26 bits per heavy atom. The van der Waals surface area contributed by atoms with Gasteiger partial charge in [-0.3, -0.25) is 4.79 Å². The quantitative estimate of drug-likeness (QED) is 0.835. The minimum atomic E-state index is 0.171. The first kappa shape index (κ1) is 14.8. The SMILES string of the molecule is CC1CCC(CN)CN1C(=O)C1CCCCC1(C)C. The van der Waals surface area contributed by atoms with Gasteiger partial charge in [-0.25, -0.2) is 0 Å². The first-order valence-corrected chi connectivity index (χ1v) is 7.96. The first-order valence-electron chi connectivity index (χ1n) is 7.96. The molecule has 0 aromatic rings. The summed E-state index contributed by atoms with van der Waals surface area (Å²) in [5.41, 5.74) is 5.98. The van der Waals surface area contributed by atoms with Crippen LogP contribution in [-0.4, -0.2) is 29.9 Å². The van der Waals surface area contributed by atoms with Crippen LogP contribution in [0.3, 0.4) is 0 Å². The van der Waals surface area contributed by atoms with Gasteiger partial charge in [0.25, 0.3) is 0 Å². The molecule has 3 atom stereocenters. The van der Waals surface area contributed by atoms with Gasteiger partial charge in [-0.15, -0.1) is 0 Å². The average molecular weight is 266 g/mol. The van der Waals surface area contributed by atoms with Gasteiger partial charge in [0, 0.05) is 18.5 Å². The molecular weight excluding hydrogens is 236 g/mol. The number of rotatable bonds is 2. The minimum absolute atomic E-state index is 0.171. The molecule has 3 nitrogen and oxygen atoms in total. The molecule has 110 valence electrons. The highest BCUT2D eigenvalue weighted by Gasteiger charge is 2.41. The zero-order valence-electron chi connectivity index (χ0n) is 12.8. The molecule has 19 heavy (non-hydrogen) atoms. The van der Waals surface area contributed by atoms with Gasteiger partial charge in [-0.1, -0.05) is 26.7 Å². The molecule has 3 unspecified atom stereocenters. The average Bonchev–Trinajstić information content (AvgIpc) is 2.38. The van der Waals surface area contributed by atoms with Crippen LogP contribution in [0.2, 0.25) is 0 Å². The standard InChI is InChI=1S/C16H30N2O/c1-12-7-8-13(10-17)11-18(12)15(19)14-6-4-5-9-16(14,2)3/h12-14H,4-11,17H2,1-3H3. The van der Waals surface area contributed by atoms with E-state index < -0.39 is 0 Å². The van der Waals surface area contributed by atoms with Crippen molar-refractivity contribution in [3.8, 4) is 0 Å². The zero-order chi connectivity index (χ0) is 14.0. The Morgan fingerprint density at radius 2 is 2.00 bits per heavy atom. The summed E-state index contributed by atoms with van der Waals surface area (Å²) in [6, 6.07) is 0.396. The summed E-state index contributed by atoms with van der Waals surface area (Å²) in [6.45, 7) is 8.32. The van der Waals surface area contributed by atoms with E-state index >= 15 is 0 Å². The molecule has 0 aromatic carbocycles. The van der Waals surface area contributed by atoms with Gasteiger partial charge in [-0.2, -0.15) is 0 Å². The summed E-state index contributed by atoms with van der Waals surface area (Å²) < 4.78 is 0. The number of likely N-dealkylation sites (tertiary alicyclic amines) is 1. The molecule has 3 heteroatoms. The fraction of sp³-hybridized carbons (Fsp3) is 0.938.